The molecule has 1 aromatic rings. The lowest BCUT2D eigenvalue weighted by Gasteiger charge is -2.03. The number of hydrogen-bond donors (Lipinski definition) is 0. The Morgan fingerprint density at radius 2 is 2.07 bits per heavy atom. The summed E-state index contributed by atoms with van der Waals surface area (Å²) in [7, 11) is 0. The third-order valence-corrected chi connectivity index (χ3v) is 2.07. The van der Waals surface area contributed by atoms with E-state index in [0.717, 1.165) is 12.2 Å². The van der Waals surface area contributed by atoms with Crippen molar-refractivity contribution < 1.29 is 4.74 Å². The van der Waals surface area contributed by atoms with E-state index in [9.17, 15) is 0 Å². The minimum absolute atomic E-state index is 0.570. The molecule has 2 nitrogen and oxygen atoms in total. The van der Waals surface area contributed by atoms with Gasteiger partial charge in [0.05, 0.1) is 6.54 Å². The topological polar surface area (TPSA) is 21.6 Å². The molecule has 0 amide bonds. The van der Waals surface area contributed by atoms with Crippen LogP contribution in [0.5, 0.6) is 5.75 Å². The van der Waals surface area contributed by atoms with E-state index in [4.69, 9.17) is 16.3 Å². The number of hydrogen-bond acceptors (Lipinski definition) is 2. The summed E-state index contributed by atoms with van der Waals surface area (Å²) in [6.45, 7) is 3.16. The Morgan fingerprint density at radius 3 is 2.71 bits per heavy atom. The molecule has 0 aliphatic heterocycles. The predicted molar refractivity (Wildman–Crippen MR) is 60.4 cm³/mol. The number of para-hydroxylation sites is 1. The van der Waals surface area contributed by atoms with E-state index >= 15 is 0 Å². The third kappa shape index (κ3) is 4.28. The average molecular weight is 212 g/mol. The molecule has 0 N–H and O–H groups in total. The second-order valence-electron chi connectivity index (χ2n) is 2.77. The van der Waals surface area contributed by atoms with Gasteiger partial charge in [-0.25, -0.2) is 0 Å². The van der Waals surface area contributed by atoms with Crippen molar-refractivity contribution in [3.8, 4) is 5.75 Å². The molecule has 0 spiro atoms. The molecule has 0 fully saturated rings. The van der Waals surface area contributed by atoms with Crippen LogP contribution in [0.3, 0.4) is 0 Å². The number of benzene rings is 1. The molecule has 76 valence electrons. The highest BCUT2D eigenvalue weighted by Gasteiger charge is 1.91. The molecular formula is C11H14ClNO. The first kappa shape index (κ1) is 11.1. The molecule has 0 aliphatic rings. The minimum Gasteiger partial charge on any atom is -0.492 e. The van der Waals surface area contributed by atoms with Gasteiger partial charge in [-0.05, 0) is 18.6 Å². The lowest BCUT2D eigenvalue weighted by molar-refractivity contribution is 0.329. The first-order valence-corrected chi connectivity index (χ1v) is 5.07. The van der Waals surface area contributed by atoms with Gasteiger partial charge >= 0.3 is 0 Å². The number of nitrogens with zero attached hydrogens (tertiary/aromatic N) is 1. The van der Waals surface area contributed by atoms with E-state index in [-0.39, 0.29) is 0 Å². The summed E-state index contributed by atoms with van der Waals surface area (Å²) in [5.41, 5.74) is 0. The fourth-order valence-electron chi connectivity index (χ4n) is 0.959. The molecule has 0 aliphatic carbocycles. The zero-order chi connectivity index (χ0) is 10.2. The highest BCUT2D eigenvalue weighted by atomic mass is 35.5. The van der Waals surface area contributed by atoms with Crippen molar-refractivity contribution in [1.82, 2.24) is 0 Å². The monoisotopic (exact) mass is 211 g/mol. The molecular weight excluding hydrogens is 198 g/mol. The van der Waals surface area contributed by atoms with Crippen molar-refractivity contribution in [2.24, 2.45) is 4.99 Å². The number of aliphatic imine (C=N–C) groups is 1. The summed E-state index contributed by atoms with van der Waals surface area (Å²) < 4.78 is 5.44. The standard InChI is InChI=1S/C11H14ClNO/c1-2-11(12)13-8-9-14-10-6-4-3-5-7-10/h3-7H,2,8-9H2,1H3. The quantitative estimate of drug-likeness (QED) is 0.542. The average Bonchev–Trinajstić information content (AvgIpc) is 2.25. The van der Waals surface area contributed by atoms with Crippen molar-refractivity contribution in [2.75, 3.05) is 13.2 Å². The van der Waals surface area contributed by atoms with E-state index in [1.54, 1.807) is 0 Å². The lowest BCUT2D eigenvalue weighted by atomic mass is 10.3. The van der Waals surface area contributed by atoms with E-state index in [1.807, 2.05) is 37.3 Å². The van der Waals surface area contributed by atoms with Gasteiger partial charge < -0.3 is 4.74 Å². The van der Waals surface area contributed by atoms with Crippen molar-refractivity contribution in [3.63, 3.8) is 0 Å². The van der Waals surface area contributed by atoms with Gasteiger partial charge in [-0.3, -0.25) is 4.99 Å². The Bertz CT molecular complexity index is 285. The SMILES string of the molecule is CCC(Cl)=NCCOc1ccccc1. The molecule has 0 radical (unpaired) electrons. The molecule has 0 heterocycles. The molecule has 1 aromatic carbocycles. The molecule has 0 saturated heterocycles. The Kier molecular flexibility index (Phi) is 5.08. The van der Waals surface area contributed by atoms with Crippen molar-refractivity contribution >= 4 is 16.8 Å². The van der Waals surface area contributed by atoms with E-state index in [2.05, 4.69) is 4.99 Å². The second kappa shape index (κ2) is 6.44. The minimum atomic E-state index is 0.570. The van der Waals surface area contributed by atoms with Gasteiger partial charge in [0.2, 0.25) is 0 Å². The molecule has 0 aromatic heterocycles. The Hall–Kier alpha value is -1.02. The first-order valence-electron chi connectivity index (χ1n) is 4.69. The van der Waals surface area contributed by atoms with Crippen LogP contribution in [-0.4, -0.2) is 18.3 Å². The van der Waals surface area contributed by atoms with Crippen molar-refractivity contribution in [1.29, 1.82) is 0 Å². The Balaban J connectivity index is 2.23. The zero-order valence-corrected chi connectivity index (χ0v) is 9.00. The third-order valence-electron chi connectivity index (χ3n) is 1.68. The predicted octanol–water partition coefficient (Wildman–Crippen LogP) is 3.11. The van der Waals surface area contributed by atoms with Crippen LogP contribution in [0.1, 0.15) is 13.3 Å². The summed E-state index contributed by atoms with van der Waals surface area (Å²) in [5, 5.41) is 0.654. The van der Waals surface area contributed by atoms with Crippen molar-refractivity contribution in [2.45, 2.75) is 13.3 Å². The van der Waals surface area contributed by atoms with Gasteiger partial charge in [-0.1, -0.05) is 36.7 Å². The fraction of sp³-hybridized carbons (Fsp3) is 0.364. The maximum atomic E-state index is 5.74. The summed E-state index contributed by atoms with van der Waals surface area (Å²) in [4.78, 5) is 4.11. The van der Waals surface area contributed by atoms with Crippen LogP contribution in [-0.2, 0) is 0 Å². The number of ether oxygens (including phenoxy) is 1. The Labute approximate surface area is 89.6 Å². The van der Waals surface area contributed by atoms with Crippen LogP contribution in [0, 0.1) is 0 Å². The normalized spacial score (nSPS) is 11.4. The van der Waals surface area contributed by atoms with Gasteiger partial charge in [-0.15, -0.1) is 0 Å². The van der Waals surface area contributed by atoms with Gasteiger partial charge in [-0.2, -0.15) is 0 Å². The zero-order valence-electron chi connectivity index (χ0n) is 8.24. The second-order valence-corrected chi connectivity index (χ2v) is 3.21. The van der Waals surface area contributed by atoms with E-state index < -0.39 is 0 Å². The van der Waals surface area contributed by atoms with Gasteiger partial charge in [0.15, 0.2) is 0 Å². The molecule has 0 saturated carbocycles. The van der Waals surface area contributed by atoms with Crippen LogP contribution in [0.25, 0.3) is 0 Å². The Morgan fingerprint density at radius 1 is 1.36 bits per heavy atom. The summed E-state index contributed by atoms with van der Waals surface area (Å²) in [6.07, 6.45) is 0.785. The largest absolute Gasteiger partial charge is 0.492 e. The molecule has 0 atom stereocenters. The van der Waals surface area contributed by atoms with Gasteiger partial charge in [0.25, 0.3) is 0 Å². The highest BCUT2D eigenvalue weighted by Crippen LogP contribution is 2.07. The highest BCUT2D eigenvalue weighted by molar-refractivity contribution is 6.65. The van der Waals surface area contributed by atoms with Crippen LogP contribution < -0.4 is 4.74 Å². The van der Waals surface area contributed by atoms with E-state index in [1.165, 1.54) is 0 Å². The molecule has 0 bridgehead atoms. The van der Waals surface area contributed by atoms with Crippen LogP contribution >= 0.6 is 11.6 Å². The maximum absolute atomic E-state index is 5.74. The number of halogens is 1. The maximum Gasteiger partial charge on any atom is 0.119 e. The molecule has 3 heteroatoms. The first-order chi connectivity index (χ1) is 6.83. The fourth-order valence-corrected chi connectivity index (χ4v) is 1.04. The summed E-state index contributed by atoms with van der Waals surface area (Å²) >= 11 is 5.74. The van der Waals surface area contributed by atoms with Crippen LogP contribution in [0.2, 0.25) is 0 Å². The molecule has 0 unspecified atom stereocenters. The summed E-state index contributed by atoms with van der Waals surface area (Å²) in [5.74, 6) is 0.871. The molecule has 1 rings (SSSR count). The molecule has 14 heavy (non-hydrogen) atoms. The smallest absolute Gasteiger partial charge is 0.119 e. The van der Waals surface area contributed by atoms with Crippen molar-refractivity contribution in [3.05, 3.63) is 30.3 Å². The van der Waals surface area contributed by atoms with Crippen LogP contribution in [0.4, 0.5) is 0 Å². The lowest BCUT2D eigenvalue weighted by Crippen LogP contribution is -2.02. The van der Waals surface area contributed by atoms with E-state index in [0.29, 0.717) is 18.3 Å². The van der Waals surface area contributed by atoms with Gasteiger partial charge in [0, 0.05) is 0 Å². The number of rotatable bonds is 5. The van der Waals surface area contributed by atoms with Crippen LogP contribution in [0.15, 0.2) is 35.3 Å². The van der Waals surface area contributed by atoms with Gasteiger partial charge in [0.1, 0.15) is 17.5 Å². The summed E-state index contributed by atoms with van der Waals surface area (Å²) in [6, 6.07) is 9.69.